The molecule has 0 radical (unpaired) electrons. The van der Waals surface area contributed by atoms with Gasteiger partial charge in [-0.25, -0.2) is 8.42 Å². The Morgan fingerprint density at radius 3 is 1.67 bits per heavy atom. The van der Waals surface area contributed by atoms with Crippen LogP contribution in [-0.4, -0.2) is 62.7 Å². The van der Waals surface area contributed by atoms with Crippen molar-refractivity contribution in [2.24, 2.45) is 0 Å². The molecule has 8 heteroatoms. The minimum atomic E-state index is -3.79. The second kappa shape index (κ2) is 9.87. The van der Waals surface area contributed by atoms with Crippen molar-refractivity contribution >= 4 is 43.0 Å². The van der Waals surface area contributed by atoms with Crippen LogP contribution in [0.1, 0.15) is 0 Å². The van der Waals surface area contributed by atoms with Gasteiger partial charge in [0, 0.05) is 49.6 Å². The number of aromatic amines is 2. The van der Waals surface area contributed by atoms with Crippen LogP contribution >= 0.6 is 0 Å². The Morgan fingerprint density at radius 1 is 0.619 bits per heavy atom. The topological polar surface area (TPSA) is 81.4 Å². The normalized spacial score (nSPS) is 16.5. The fourth-order valence-electron chi connectivity index (χ4n) is 6.28. The summed E-state index contributed by atoms with van der Waals surface area (Å²) >= 11 is 0. The number of hydrogen-bond acceptors (Lipinski definition) is 5. The number of anilines is 2. The predicted molar refractivity (Wildman–Crippen MR) is 167 cm³/mol. The maximum absolute atomic E-state index is 14.4. The average molecular weight is 575 g/mol. The van der Waals surface area contributed by atoms with Crippen LogP contribution in [0.4, 0.5) is 11.4 Å². The lowest BCUT2D eigenvalue weighted by molar-refractivity contribution is 0.0394. The third kappa shape index (κ3) is 4.22. The van der Waals surface area contributed by atoms with E-state index < -0.39 is 9.84 Å². The zero-order valence-corrected chi connectivity index (χ0v) is 23.8. The Labute approximate surface area is 244 Å². The minimum Gasteiger partial charge on any atom is -0.379 e. The largest absolute Gasteiger partial charge is 0.379 e. The van der Waals surface area contributed by atoms with E-state index in [1.165, 1.54) is 0 Å². The van der Waals surface area contributed by atoms with Crippen LogP contribution in [0.15, 0.2) is 107 Å². The summed E-state index contributed by atoms with van der Waals surface area (Å²) in [5, 5.41) is 2.18. The molecule has 2 aliphatic heterocycles. The van der Waals surface area contributed by atoms with Crippen molar-refractivity contribution < 1.29 is 13.2 Å². The molecule has 42 heavy (non-hydrogen) atoms. The van der Waals surface area contributed by atoms with Crippen molar-refractivity contribution in [1.82, 2.24) is 14.9 Å². The fourth-order valence-corrected chi connectivity index (χ4v) is 7.99. The van der Waals surface area contributed by atoms with Crippen LogP contribution in [0.3, 0.4) is 0 Å². The van der Waals surface area contributed by atoms with Gasteiger partial charge in [0.1, 0.15) is 0 Å². The molecular formula is C34H30N4O3S. The van der Waals surface area contributed by atoms with Gasteiger partial charge in [-0.05, 0) is 93.7 Å². The standard InChI is InChI=1S/C34H30N4O3S/c39-42(40)33-21-25(23-1-5-29-27(19-23)9-11-35-29)3-7-31(33)38(14-13-37-15-17-41-18-16-37)32-8-4-26(22-34(32)42)24-2-6-30-28(20-24)10-12-36-30/h1-12,19-22,35-36H,13-18H2. The highest BCUT2D eigenvalue weighted by atomic mass is 32.2. The van der Waals surface area contributed by atoms with E-state index in [9.17, 15) is 8.42 Å². The van der Waals surface area contributed by atoms with Crippen molar-refractivity contribution in [1.29, 1.82) is 0 Å². The molecule has 0 unspecified atom stereocenters. The van der Waals surface area contributed by atoms with Crippen LogP contribution in [0, 0.1) is 0 Å². The van der Waals surface area contributed by atoms with Gasteiger partial charge < -0.3 is 19.6 Å². The average Bonchev–Trinajstić information content (AvgIpc) is 3.70. The van der Waals surface area contributed by atoms with Crippen LogP contribution < -0.4 is 4.90 Å². The van der Waals surface area contributed by atoms with Crippen LogP contribution in [-0.2, 0) is 14.6 Å². The number of fused-ring (bicyclic) bond motifs is 4. The Balaban J connectivity index is 1.25. The molecule has 4 heterocycles. The van der Waals surface area contributed by atoms with E-state index >= 15 is 0 Å². The van der Waals surface area contributed by atoms with Gasteiger partial charge in [-0.2, -0.15) is 0 Å². The van der Waals surface area contributed by atoms with E-state index in [2.05, 4.69) is 31.9 Å². The summed E-state index contributed by atoms with van der Waals surface area (Å²) in [4.78, 5) is 11.7. The maximum atomic E-state index is 14.4. The van der Waals surface area contributed by atoms with E-state index in [-0.39, 0.29) is 0 Å². The third-order valence-corrected chi connectivity index (χ3v) is 10.4. The molecule has 8 rings (SSSR count). The summed E-state index contributed by atoms with van der Waals surface area (Å²) < 4.78 is 34.3. The number of hydrogen-bond donors (Lipinski definition) is 2. The van der Waals surface area contributed by atoms with Crippen molar-refractivity contribution in [2.45, 2.75) is 9.79 Å². The molecule has 2 aliphatic rings. The molecule has 2 aromatic heterocycles. The molecule has 0 saturated carbocycles. The molecule has 0 bridgehead atoms. The molecular weight excluding hydrogens is 544 g/mol. The number of rotatable bonds is 5. The van der Waals surface area contributed by atoms with Crippen molar-refractivity contribution in [3.05, 3.63) is 97.3 Å². The van der Waals surface area contributed by atoms with E-state index in [0.717, 1.165) is 88.3 Å². The number of sulfone groups is 1. The summed E-state index contributed by atoms with van der Waals surface area (Å²) in [6.07, 6.45) is 3.83. The Bertz CT molecular complexity index is 1940. The number of nitrogens with one attached hydrogen (secondary N) is 2. The zero-order valence-electron chi connectivity index (χ0n) is 23.0. The smallest absolute Gasteiger partial charge is 0.210 e. The lowest BCUT2D eigenvalue weighted by Crippen LogP contribution is -2.41. The van der Waals surface area contributed by atoms with Gasteiger partial charge >= 0.3 is 0 Å². The first kappa shape index (κ1) is 25.3. The molecule has 0 amide bonds. The van der Waals surface area contributed by atoms with Crippen molar-refractivity contribution in [3.8, 4) is 22.3 Å². The molecule has 0 spiro atoms. The molecule has 2 N–H and O–H groups in total. The van der Waals surface area contributed by atoms with Gasteiger partial charge in [0.25, 0.3) is 0 Å². The van der Waals surface area contributed by atoms with E-state index in [0.29, 0.717) is 16.3 Å². The van der Waals surface area contributed by atoms with Crippen LogP contribution in [0.2, 0.25) is 0 Å². The number of aromatic nitrogens is 2. The van der Waals surface area contributed by atoms with Gasteiger partial charge in [0.2, 0.25) is 9.84 Å². The molecule has 0 atom stereocenters. The molecule has 1 fully saturated rings. The summed E-state index contributed by atoms with van der Waals surface area (Å²) in [5.74, 6) is 0. The highest BCUT2D eigenvalue weighted by Crippen LogP contribution is 2.46. The first-order valence-corrected chi connectivity index (χ1v) is 15.8. The number of ether oxygens (including phenoxy) is 1. The molecule has 0 aliphatic carbocycles. The van der Waals surface area contributed by atoms with Gasteiger partial charge in [-0.3, -0.25) is 4.90 Å². The Kier molecular flexibility index (Phi) is 5.96. The highest BCUT2D eigenvalue weighted by Gasteiger charge is 2.35. The first-order chi connectivity index (χ1) is 20.5. The van der Waals surface area contributed by atoms with Gasteiger partial charge in [0.05, 0.1) is 34.4 Å². The van der Waals surface area contributed by atoms with Gasteiger partial charge in [-0.15, -0.1) is 0 Å². The summed E-state index contributed by atoms with van der Waals surface area (Å²) in [7, 11) is -3.79. The Hall–Kier alpha value is -4.37. The number of benzene rings is 4. The predicted octanol–water partition coefficient (Wildman–Crippen LogP) is 6.60. The van der Waals surface area contributed by atoms with Crippen molar-refractivity contribution in [3.63, 3.8) is 0 Å². The lowest BCUT2D eigenvalue weighted by Gasteiger charge is -2.36. The maximum Gasteiger partial charge on any atom is 0.210 e. The lowest BCUT2D eigenvalue weighted by atomic mass is 10.0. The van der Waals surface area contributed by atoms with Crippen LogP contribution in [0.5, 0.6) is 0 Å². The number of nitrogens with zero attached hydrogens (tertiary/aromatic N) is 2. The highest BCUT2D eigenvalue weighted by molar-refractivity contribution is 7.92. The van der Waals surface area contributed by atoms with Crippen molar-refractivity contribution in [2.75, 3.05) is 44.3 Å². The van der Waals surface area contributed by atoms with E-state index in [4.69, 9.17) is 4.74 Å². The second-order valence-electron chi connectivity index (χ2n) is 11.0. The SMILES string of the molecule is O=S1(=O)c2cc(-c3ccc4[nH]ccc4c3)ccc2N(CCN2CCOCC2)c2ccc(-c3ccc4[nH]ccc4c3)cc21. The molecule has 1 saturated heterocycles. The van der Waals surface area contributed by atoms with Gasteiger partial charge in [0.15, 0.2) is 0 Å². The molecule has 6 aromatic rings. The van der Waals surface area contributed by atoms with Crippen LogP contribution in [0.25, 0.3) is 44.1 Å². The minimum absolute atomic E-state index is 0.349. The first-order valence-electron chi connectivity index (χ1n) is 14.3. The van der Waals surface area contributed by atoms with E-state index in [1.54, 1.807) is 0 Å². The fraction of sp³-hybridized carbons (Fsp3) is 0.176. The monoisotopic (exact) mass is 574 g/mol. The number of morpholine rings is 1. The summed E-state index contributed by atoms with van der Waals surface area (Å²) in [6.45, 7) is 4.72. The molecule has 7 nitrogen and oxygen atoms in total. The third-order valence-electron chi connectivity index (χ3n) is 8.60. The quantitative estimate of drug-likeness (QED) is 0.243. The second-order valence-corrected chi connectivity index (χ2v) is 12.9. The molecule has 4 aromatic carbocycles. The summed E-state index contributed by atoms with van der Waals surface area (Å²) in [5.41, 5.74) is 7.29. The Morgan fingerprint density at radius 2 is 1.12 bits per heavy atom. The zero-order chi connectivity index (χ0) is 28.3. The molecule has 210 valence electrons. The van der Waals surface area contributed by atoms with E-state index in [1.807, 2.05) is 85.2 Å². The summed E-state index contributed by atoms with van der Waals surface area (Å²) in [6, 6.07) is 28.1. The number of H-pyrrole nitrogens is 2. The van der Waals surface area contributed by atoms with Gasteiger partial charge in [-0.1, -0.05) is 24.3 Å².